The molecule has 4 rings (SSSR count). The number of ether oxygens (including phenoxy) is 1. The molecule has 1 aliphatic rings. The number of halogens is 1. The lowest BCUT2D eigenvalue weighted by molar-refractivity contribution is -0.122. The van der Waals surface area contributed by atoms with Crippen molar-refractivity contribution in [2.24, 2.45) is 0 Å². The van der Waals surface area contributed by atoms with Crippen molar-refractivity contribution >= 4 is 26.6 Å². The van der Waals surface area contributed by atoms with Crippen LogP contribution in [0.15, 0.2) is 59.6 Å². The molecular formula is C22H23FN2O4S. The minimum atomic E-state index is -3.82. The number of sulfone groups is 1. The maximum Gasteiger partial charge on any atom is 0.240 e. The molecule has 8 heteroatoms. The maximum atomic E-state index is 14.0. The molecule has 1 amide bonds. The van der Waals surface area contributed by atoms with Gasteiger partial charge in [0, 0.05) is 35.8 Å². The Hall–Kier alpha value is -2.71. The van der Waals surface area contributed by atoms with Gasteiger partial charge < -0.3 is 14.6 Å². The molecule has 0 saturated carbocycles. The van der Waals surface area contributed by atoms with Crippen LogP contribution in [0.1, 0.15) is 18.4 Å². The zero-order valence-electron chi connectivity index (χ0n) is 16.4. The summed E-state index contributed by atoms with van der Waals surface area (Å²) in [4.78, 5) is 12.5. The van der Waals surface area contributed by atoms with Crippen molar-refractivity contribution in [3.63, 3.8) is 0 Å². The molecule has 1 aromatic heterocycles. The Bertz CT molecular complexity index is 1170. The second-order valence-electron chi connectivity index (χ2n) is 7.43. The Labute approximate surface area is 174 Å². The van der Waals surface area contributed by atoms with E-state index < -0.39 is 21.4 Å². The molecule has 6 nitrogen and oxygen atoms in total. The highest BCUT2D eigenvalue weighted by Gasteiger charge is 2.24. The number of nitrogens with zero attached hydrogens (tertiary/aromatic N) is 1. The Kier molecular flexibility index (Phi) is 5.87. The van der Waals surface area contributed by atoms with Crippen LogP contribution in [0.3, 0.4) is 0 Å². The summed E-state index contributed by atoms with van der Waals surface area (Å²) in [5.41, 5.74) is 0.750. The first-order chi connectivity index (χ1) is 14.4. The molecule has 0 unspecified atom stereocenters. The van der Waals surface area contributed by atoms with Gasteiger partial charge in [-0.3, -0.25) is 4.79 Å². The van der Waals surface area contributed by atoms with Crippen LogP contribution in [0.5, 0.6) is 0 Å². The number of rotatable bonds is 7. The summed E-state index contributed by atoms with van der Waals surface area (Å²) >= 11 is 0. The number of hydrogen-bond acceptors (Lipinski definition) is 4. The monoisotopic (exact) mass is 430 g/mol. The number of fused-ring (bicyclic) bond motifs is 1. The predicted molar refractivity (Wildman–Crippen MR) is 111 cm³/mol. The van der Waals surface area contributed by atoms with Gasteiger partial charge >= 0.3 is 0 Å². The number of aromatic nitrogens is 1. The van der Waals surface area contributed by atoms with Crippen LogP contribution in [0, 0.1) is 5.82 Å². The van der Waals surface area contributed by atoms with E-state index in [1.807, 2.05) is 0 Å². The van der Waals surface area contributed by atoms with E-state index in [2.05, 4.69) is 5.32 Å². The van der Waals surface area contributed by atoms with Gasteiger partial charge in [0.25, 0.3) is 0 Å². The minimum absolute atomic E-state index is 0.0115. The maximum absolute atomic E-state index is 14.0. The van der Waals surface area contributed by atoms with Crippen LogP contribution < -0.4 is 5.32 Å². The molecule has 2 heterocycles. The van der Waals surface area contributed by atoms with Crippen molar-refractivity contribution in [2.75, 3.05) is 13.2 Å². The fourth-order valence-electron chi connectivity index (χ4n) is 3.73. The molecule has 1 fully saturated rings. The SMILES string of the molecule is O=C(Cn1cc(S(=O)(=O)Cc2ccccc2F)c2ccccc21)NC[C@H]1CCCO1. The van der Waals surface area contributed by atoms with Crippen molar-refractivity contribution in [2.45, 2.75) is 36.1 Å². The molecule has 1 saturated heterocycles. The van der Waals surface area contributed by atoms with Crippen LogP contribution in [-0.4, -0.2) is 38.1 Å². The van der Waals surface area contributed by atoms with Gasteiger partial charge in [-0.05, 0) is 25.0 Å². The lowest BCUT2D eigenvalue weighted by Crippen LogP contribution is -2.34. The van der Waals surface area contributed by atoms with Gasteiger partial charge in [-0.25, -0.2) is 12.8 Å². The molecule has 3 aromatic rings. The van der Waals surface area contributed by atoms with Crippen molar-refractivity contribution in [1.82, 2.24) is 9.88 Å². The van der Waals surface area contributed by atoms with E-state index in [4.69, 9.17) is 4.74 Å². The fraction of sp³-hybridized carbons (Fsp3) is 0.318. The molecular weight excluding hydrogens is 407 g/mol. The third kappa shape index (κ3) is 4.39. The quantitative estimate of drug-likeness (QED) is 0.625. The number of carbonyl (C=O) groups excluding carboxylic acids is 1. The first-order valence-electron chi connectivity index (χ1n) is 9.86. The molecule has 30 heavy (non-hydrogen) atoms. The molecule has 1 aliphatic heterocycles. The first kappa shape index (κ1) is 20.6. The van der Waals surface area contributed by atoms with Crippen LogP contribution in [0.2, 0.25) is 0 Å². The third-order valence-corrected chi connectivity index (χ3v) is 6.94. The average molecular weight is 431 g/mol. The lowest BCUT2D eigenvalue weighted by atomic mass is 10.2. The van der Waals surface area contributed by atoms with E-state index >= 15 is 0 Å². The second-order valence-corrected chi connectivity index (χ2v) is 9.39. The number of para-hydroxylation sites is 1. The molecule has 0 radical (unpaired) electrons. The third-order valence-electron chi connectivity index (χ3n) is 5.26. The van der Waals surface area contributed by atoms with Crippen LogP contribution in [0.25, 0.3) is 10.9 Å². The molecule has 0 bridgehead atoms. The van der Waals surface area contributed by atoms with Gasteiger partial charge in [-0.15, -0.1) is 0 Å². The summed E-state index contributed by atoms with van der Waals surface area (Å²) in [5.74, 6) is -1.22. The van der Waals surface area contributed by atoms with Crippen LogP contribution in [0.4, 0.5) is 4.39 Å². The molecule has 0 spiro atoms. The van der Waals surface area contributed by atoms with Gasteiger partial charge in [0.05, 0.1) is 16.8 Å². The summed E-state index contributed by atoms with van der Waals surface area (Å²) in [7, 11) is -3.82. The van der Waals surface area contributed by atoms with E-state index in [0.717, 1.165) is 12.8 Å². The highest BCUT2D eigenvalue weighted by Crippen LogP contribution is 2.28. The number of benzene rings is 2. The summed E-state index contributed by atoms with van der Waals surface area (Å²) in [6.45, 7) is 1.14. The van der Waals surface area contributed by atoms with Gasteiger partial charge in [0.1, 0.15) is 12.4 Å². The van der Waals surface area contributed by atoms with Crippen molar-refractivity contribution in [1.29, 1.82) is 0 Å². The van der Waals surface area contributed by atoms with Gasteiger partial charge in [0.2, 0.25) is 5.91 Å². The Balaban J connectivity index is 1.58. The standard InChI is InChI=1S/C22H23FN2O4S/c23-19-9-3-1-6-16(19)15-30(27,28)21-13-25(20-10-4-2-8-18(20)21)14-22(26)24-12-17-7-5-11-29-17/h1-4,6,8-10,13,17H,5,7,11-12,14-15H2,(H,24,26)/t17-/m1/s1. The zero-order chi connectivity index (χ0) is 21.1. The van der Waals surface area contributed by atoms with E-state index in [-0.39, 0.29) is 29.0 Å². The van der Waals surface area contributed by atoms with Crippen LogP contribution >= 0.6 is 0 Å². The topological polar surface area (TPSA) is 77.4 Å². The van der Waals surface area contributed by atoms with Crippen molar-refractivity contribution in [3.05, 3.63) is 66.1 Å². The summed E-state index contributed by atoms with van der Waals surface area (Å²) in [6, 6.07) is 12.8. The average Bonchev–Trinajstić information content (AvgIpc) is 3.37. The fourth-order valence-corrected chi connectivity index (χ4v) is 5.33. The number of nitrogens with one attached hydrogen (secondary N) is 1. The molecule has 0 aliphatic carbocycles. The van der Waals surface area contributed by atoms with E-state index in [0.29, 0.717) is 24.1 Å². The predicted octanol–water partition coefficient (Wildman–Crippen LogP) is 3.05. The van der Waals surface area contributed by atoms with Crippen molar-refractivity contribution in [3.8, 4) is 0 Å². The van der Waals surface area contributed by atoms with Gasteiger partial charge in [-0.2, -0.15) is 0 Å². The second kappa shape index (κ2) is 8.57. The van der Waals surface area contributed by atoms with E-state index in [1.54, 1.807) is 34.9 Å². The molecule has 1 atom stereocenters. The summed E-state index contributed by atoms with van der Waals surface area (Å²) < 4.78 is 47.3. The molecule has 1 N–H and O–H groups in total. The Morgan fingerprint density at radius 1 is 1.17 bits per heavy atom. The Morgan fingerprint density at radius 3 is 2.70 bits per heavy atom. The largest absolute Gasteiger partial charge is 0.376 e. The van der Waals surface area contributed by atoms with Crippen molar-refractivity contribution < 1.29 is 22.3 Å². The van der Waals surface area contributed by atoms with Gasteiger partial charge in [-0.1, -0.05) is 36.4 Å². The summed E-state index contributed by atoms with van der Waals surface area (Å²) in [6.07, 6.45) is 3.41. The highest BCUT2D eigenvalue weighted by molar-refractivity contribution is 7.90. The number of carbonyl (C=O) groups is 1. The van der Waals surface area contributed by atoms with Gasteiger partial charge in [0.15, 0.2) is 9.84 Å². The van der Waals surface area contributed by atoms with E-state index in [1.165, 1.54) is 24.4 Å². The molecule has 158 valence electrons. The lowest BCUT2D eigenvalue weighted by Gasteiger charge is -2.11. The zero-order valence-corrected chi connectivity index (χ0v) is 17.2. The summed E-state index contributed by atoms with van der Waals surface area (Å²) in [5, 5.41) is 3.36. The normalized spacial score (nSPS) is 16.8. The first-order valence-corrected chi connectivity index (χ1v) is 11.5. The smallest absolute Gasteiger partial charge is 0.240 e. The number of hydrogen-bond donors (Lipinski definition) is 1. The highest BCUT2D eigenvalue weighted by atomic mass is 32.2. The number of amides is 1. The van der Waals surface area contributed by atoms with Crippen LogP contribution in [-0.2, 0) is 31.7 Å². The minimum Gasteiger partial charge on any atom is -0.376 e. The van der Waals surface area contributed by atoms with E-state index in [9.17, 15) is 17.6 Å². The Morgan fingerprint density at radius 2 is 1.93 bits per heavy atom. The molecule has 2 aromatic carbocycles.